The van der Waals surface area contributed by atoms with Crippen molar-refractivity contribution in [1.82, 2.24) is 4.31 Å². The van der Waals surface area contributed by atoms with E-state index in [0.29, 0.717) is 16.9 Å². The van der Waals surface area contributed by atoms with E-state index in [4.69, 9.17) is 5.73 Å². The lowest BCUT2D eigenvalue weighted by atomic mass is 9.79. The first kappa shape index (κ1) is 18.6. The van der Waals surface area contributed by atoms with Gasteiger partial charge in [-0.2, -0.15) is 0 Å². The summed E-state index contributed by atoms with van der Waals surface area (Å²) in [6.07, 6.45) is 6.34. The molecular weight excluding hydrogens is 324 g/mol. The minimum absolute atomic E-state index is 0.521. The smallest absolute Gasteiger partial charge is 0.0377 e. The number of nitrogens with two attached hydrogens (primary N) is 1. The van der Waals surface area contributed by atoms with Gasteiger partial charge >= 0.3 is 0 Å². The summed E-state index contributed by atoms with van der Waals surface area (Å²) in [4.78, 5) is 0. The average Bonchev–Trinajstić information content (AvgIpc) is 2.93. The zero-order valence-corrected chi connectivity index (χ0v) is 17.0. The molecule has 0 aromatic heterocycles. The molecule has 2 N–H and O–H groups in total. The topological polar surface area (TPSA) is 29.3 Å². The van der Waals surface area contributed by atoms with E-state index in [1.807, 2.05) is 0 Å². The zero-order valence-electron chi connectivity index (χ0n) is 16.1. The van der Waals surface area contributed by atoms with Gasteiger partial charge in [-0.05, 0) is 62.6 Å². The maximum absolute atomic E-state index is 6.06. The lowest BCUT2D eigenvalue weighted by molar-refractivity contribution is 0.540. The molecule has 2 nitrogen and oxygen atoms in total. The van der Waals surface area contributed by atoms with Gasteiger partial charge in [-0.3, -0.25) is 0 Å². The number of hydrogen-bond donors (Lipinski definition) is 1. The van der Waals surface area contributed by atoms with Crippen molar-refractivity contribution in [1.29, 1.82) is 0 Å². The fraction of sp³-hybridized carbons (Fsp3) is 0.545. The first-order chi connectivity index (χ1) is 11.9. The Morgan fingerprint density at radius 3 is 2.56 bits per heavy atom. The molecule has 1 aromatic rings. The third-order valence-electron chi connectivity index (χ3n) is 5.82. The van der Waals surface area contributed by atoms with Crippen LogP contribution >= 0.6 is 11.9 Å². The molecule has 0 radical (unpaired) electrons. The van der Waals surface area contributed by atoms with Crippen LogP contribution in [0.1, 0.15) is 61.3 Å². The van der Waals surface area contributed by atoms with Crippen LogP contribution in [0.5, 0.6) is 0 Å². The molecule has 3 unspecified atom stereocenters. The van der Waals surface area contributed by atoms with Gasteiger partial charge in [0.25, 0.3) is 0 Å². The molecule has 136 valence electrons. The van der Waals surface area contributed by atoms with Gasteiger partial charge in [0.15, 0.2) is 0 Å². The normalized spacial score (nSPS) is 27.4. The van der Waals surface area contributed by atoms with Crippen LogP contribution in [0.15, 0.2) is 30.4 Å². The van der Waals surface area contributed by atoms with Crippen molar-refractivity contribution >= 4 is 17.6 Å². The van der Waals surface area contributed by atoms with E-state index >= 15 is 0 Å². The van der Waals surface area contributed by atoms with Gasteiger partial charge in [0.2, 0.25) is 0 Å². The van der Waals surface area contributed by atoms with Crippen LogP contribution in [0.25, 0.3) is 5.70 Å². The highest BCUT2D eigenvalue weighted by molar-refractivity contribution is 7.97. The van der Waals surface area contributed by atoms with Crippen molar-refractivity contribution in [2.75, 3.05) is 13.1 Å². The number of nitrogens with zero attached hydrogens (tertiary/aromatic N) is 1. The Bertz CT molecular complexity index is 692. The Morgan fingerprint density at radius 1 is 1.20 bits per heavy atom. The fourth-order valence-corrected chi connectivity index (χ4v) is 5.90. The maximum atomic E-state index is 6.06. The Hall–Kier alpha value is -1.19. The minimum Gasteiger partial charge on any atom is -0.399 e. The van der Waals surface area contributed by atoms with Crippen LogP contribution in [-0.2, 0) is 0 Å². The summed E-state index contributed by atoms with van der Waals surface area (Å²) in [5.74, 6) is 1.37. The zero-order chi connectivity index (χ0) is 18.1. The minimum atomic E-state index is 0.521. The van der Waals surface area contributed by atoms with Crippen molar-refractivity contribution in [3.63, 3.8) is 0 Å². The van der Waals surface area contributed by atoms with Crippen molar-refractivity contribution in [3.05, 3.63) is 52.6 Å². The predicted molar refractivity (Wildman–Crippen MR) is 112 cm³/mol. The highest BCUT2D eigenvalue weighted by Gasteiger charge is 2.27. The Morgan fingerprint density at radius 2 is 1.96 bits per heavy atom. The largest absolute Gasteiger partial charge is 0.399 e. The van der Waals surface area contributed by atoms with E-state index < -0.39 is 0 Å². The Labute approximate surface area is 157 Å². The number of benzene rings is 1. The van der Waals surface area contributed by atoms with E-state index in [-0.39, 0.29) is 0 Å². The molecular formula is C22H32N2S. The second-order valence-electron chi connectivity index (χ2n) is 7.96. The van der Waals surface area contributed by atoms with Gasteiger partial charge in [0, 0.05) is 35.5 Å². The molecule has 1 aliphatic carbocycles. The molecule has 1 saturated heterocycles. The molecule has 1 fully saturated rings. The summed E-state index contributed by atoms with van der Waals surface area (Å²) in [7, 11) is 0. The van der Waals surface area contributed by atoms with Crippen molar-refractivity contribution < 1.29 is 0 Å². The number of allylic oxidation sites excluding steroid dienone is 1. The summed E-state index contributed by atoms with van der Waals surface area (Å²) in [5, 5.41) is 0.635. The maximum Gasteiger partial charge on any atom is 0.0377 e. The molecule has 1 aliphatic heterocycles. The quantitative estimate of drug-likeness (QED) is 0.577. The van der Waals surface area contributed by atoms with Gasteiger partial charge in [0.05, 0.1) is 0 Å². The molecule has 25 heavy (non-hydrogen) atoms. The molecule has 0 amide bonds. The molecule has 0 saturated carbocycles. The first-order valence-corrected chi connectivity index (χ1v) is 10.3. The third kappa shape index (κ3) is 3.98. The molecule has 0 bridgehead atoms. The van der Waals surface area contributed by atoms with Gasteiger partial charge in [-0.25, -0.2) is 4.31 Å². The Balaban J connectivity index is 1.78. The van der Waals surface area contributed by atoms with E-state index in [1.54, 1.807) is 0 Å². The summed E-state index contributed by atoms with van der Waals surface area (Å²) >= 11 is 2.07. The lowest BCUT2D eigenvalue weighted by Gasteiger charge is -2.31. The molecule has 2 aliphatic rings. The van der Waals surface area contributed by atoms with Crippen molar-refractivity contribution in [3.8, 4) is 0 Å². The third-order valence-corrected chi connectivity index (χ3v) is 7.09. The average molecular weight is 357 g/mol. The van der Waals surface area contributed by atoms with E-state index in [9.17, 15) is 0 Å². The lowest BCUT2D eigenvalue weighted by Crippen LogP contribution is -2.20. The Kier molecular flexibility index (Phi) is 5.65. The summed E-state index contributed by atoms with van der Waals surface area (Å²) in [6, 6.07) is 4.50. The highest BCUT2D eigenvalue weighted by Crippen LogP contribution is 2.41. The number of aryl methyl sites for hydroxylation is 1. The predicted octanol–water partition coefficient (Wildman–Crippen LogP) is 5.42. The highest BCUT2D eigenvalue weighted by atomic mass is 32.2. The SMILES string of the molecule is C=C(N)c1c(C)ccc(C2CCC(SN3CCC(C)C3)C=C2C)c1C. The van der Waals surface area contributed by atoms with E-state index in [2.05, 4.69) is 68.7 Å². The van der Waals surface area contributed by atoms with Crippen LogP contribution in [0, 0.1) is 19.8 Å². The van der Waals surface area contributed by atoms with Crippen molar-refractivity contribution in [2.24, 2.45) is 11.7 Å². The van der Waals surface area contributed by atoms with Crippen LogP contribution in [0.4, 0.5) is 0 Å². The standard InChI is InChI=1S/C22H32N2S/c1-14-10-11-24(13-14)25-19-7-9-20(16(3)12-19)21-8-6-15(2)22(17(21)4)18(5)23/h6,8,12,14,19-20H,5,7,9-11,13,23H2,1-4H3. The second-order valence-corrected chi connectivity index (χ2v) is 9.30. The summed E-state index contributed by atoms with van der Waals surface area (Å²) in [6.45, 7) is 15.5. The number of hydrogen-bond acceptors (Lipinski definition) is 3. The molecule has 3 atom stereocenters. The number of rotatable bonds is 4. The first-order valence-electron chi connectivity index (χ1n) is 9.51. The molecule has 1 heterocycles. The fourth-order valence-electron chi connectivity index (χ4n) is 4.45. The van der Waals surface area contributed by atoms with Gasteiger partial charge in [-0.15, -0.1) is 0 Å². The van der Waals surface area contributed by atoms with E-state index in [0.717, 1.165) is 11.5 Å². The monoisotopic (exact) mass is 356 g/mol. The summed E-state index contributed by atoms with van der Waals surface area (Å²) < 4.78 is 2.58. The van der Waals surface area contributed by atoms with Crippen LogP contribution in [0.3, 0.4) is 0 Å². The van der Waals surface area contributed by atoms with Crippen LogP contribution in [-0.4, -0.2) is 22.6 Å². The second kappa shape index (κ2) is 7.59. The summed E-state index contributed by atoms with van der Waals surface area (Å²) in [5.41, 5.74) is 13.4. The van der Waals surface area contributed by atoms with Crippen LogP contribution < -0.4 is 5.73 Å². The van der Waals surface area contributed by atoms with E-state index in [1.165, 1.54) is 54.6 Å². The van der Waals surface area contributed by atoms with Crippen molar-refractivity contribution in [2.45, 2.75) is 58.1 Å². The van der Waals surface area contributed by atoms with Crippen LogP contribution in [0.2, 0.25) is 0 Å². The van der Waals surface area contributed by atoms with Gasteiger partial charge in [0.1, 0.15) is 0 Å². The van der Waals surface area contributed by atoms with Gasteiger partial charge in [-0.1, -0.05) is 49.2 Å². The van der Waals surface area contributed by atoms with Gasteiger partial charge < -0.3 is 5.73 Å². The molecule has 3 rings (SSSR count). The molecule has 3 heteroatoms. The molecule has 1 aromatic carbocycles. The molecule has 0 spiro atoms.